The van der Waals surface area contributed by atoms with Crippen LogP contribution in [0.4, 0.5) is 5.82 Å². The Bertz CT molecular complexity index is 577. The van der Waals surface area contributed by atoms with Crippen LogP contribution in [-0.2, 0) is 17.8 Å². The molecule has 1 heterocycles. The number of aliphatic hydroxyl groups is 1. The predicted molar refractivity (Wildman–Crippen MR) is 82.9 cm³/mol. The topological polar surface area (TPSA) is 62.2 Å². The lowest BCUT2D eigenvalue weighted by molar-refractivity contribution is -0.116. The molecule has 110 valence electrons. The van der Waals surface area contributed by atoms with E-state index in [0.717, 1.165) is 18.4 Å². The van der Waals surface area contributed by atoms with Crippen molar-refractivity contribution in [3.8, 4) is 0 Å². The number of nitrogens with zero attached hydrogens (tertiary/aromatic N) is 1. The molecule has 0 radical (unpaired) electrons. The van der Waals surface area contributed by atoms with Gasteiger partial charge in [-0.1, -0.05) is 35.9 Å². The van der Waals surface area contributed by atoms with Crippen LogP contribution in [0.3, 0.4) is 0 Å². The van der Waals surface area contributed by atoms with Crippen LogP contribution in [0.1, 0.15) is 29.5 Å². The Morgan fingerprint density at radius 2 is 1.86 bits per heavy atom. The zero-order valence-electron chi connectivity index (χ0n) is 12.2. The minimum absolute atomic E-state index is 0.0358. The number of anilines is 1. The normalized spacial score (nSPS) is 10.4. The van der Waals surface area contributed by atoms with Gasteiger partial charge >= 0.3 is 0 Å². The highest BCUT2D eigenvalue weighted by atomic mass is 16.3. The number of hydrogen-bond acceptors (Lipinski definition) is 3. The molecule has 0 aliphatic rings. The van der Waals surface area contributed by atoms with Crippen LogP contribution in [0.25, 0.3) is 0 Å². The molecule has 21 heavy (non-hydrogen) atoms. The lowest BCUT2D eigenvalue weighted by Gasteiger charge is -2.05. The van der Waals surface area contributed by atoms with Crippen molar-refractivity contribution < 1.29 is 9.90 Å². The van der Waals surface area contributed by atoms with E-state index >= 15 is 0 Å². The average Bonchev–Trinajstić information content (AvgIpc) is 2.50. The number of hydrogen-bond donors (Lipinski definition) is 2. The van der Waals surface area contributed by atoms with Gasteiger partial charge in [-0.2, -0.15) is 0 Å². The van der Waals surface area contributed by atoms with Crippen molar-refractivity contribution in [2.24, 2.45) is 0 Å². The SMILES string of the molecule is Cc1ccc(CCCC(=O)Nc2ccc(CO)cn2)cc1. The van der Waals surface area contributed by atoms with Gasteiger partial charge in [0.1, 0.15) is 5.82 Å². The number of carbonyl (C=O) groups excluding carboxylic acids is 1. The molecule has 0 aliphatic heterocycles. The molecule has 4 nitrogen and oxygen atoms in total. The fourth-order valence-electron chi connectivity index (χ4n) is 2.01. The van der Waals surface area contributed by atoms with Gasteiger partial charge in [0.25, 0.3) is 0 Å². The zero-order valence-corrected chi connectivity index (χ0v) is 12.2. The van der Waals surface area contributed by atoms with Crippen molar-refractivity contribution in [3.63, 3.8) is 0 Å². The number of benzene rings is 1. The average molecular weight is 284 g/mol. The number of aliphatic hydroxyl groups excluding tert-OH is 1. The first kappa shape index (κ1) is 15.2. The molecule has 2 rings (SSSR count). The quantitative estimate of drug-likeness (QED) is 0.857. The molecule has 1 amide bonds. The van der Waals surface area contributed by atoms with E-state index in [4.69, 9.17) is 5.11 Å². The van der Waals surface area contributed by atoms with Crippen LogP contribution >= 0.6 is 0 Å². The van der Waals surface area contributed by atoms with E-state index < -0.39 is 0 Å². The second kappa shape index (κ2) is 7.55. The summed E-state index contributed by atoms with van der Waals surface area (Å²) in [4.78, 5) is 15.9. The van der Waals surface area contributed by atoms with Gasteiger partial charge in [-0.25, -0.2) is 4.98 Å². The highest BCUT2D eigenvalue weighted by Gasteiger charge is 2.04. The second-order valence-electron chi connectivity index (χ2n) is 5.10. The summed E-state index contributed by atoms with van der Waals surface area (Å²) in [6.07, 6.45) is 3.73. The van der Waals surface area contributed by atoms with Crippen LogP contribution in [0, 0.1) is 6.92 Å². The van der Waals surface area contributed by atoms with E-state index in [9.17, 15) is 4.79 Å². The van der Waals surface area contributed by atoms with Gasteiger partial charge in [-0.05, 0) is 37.0 Å². The van der Waals surface area contributed by atoms with E-state index in [1.807, 2.05) is 0 Å². The van der Waals surface area contributed by atoms with E-state index in [-0.39, 0.29) is 12.5 Å². The first-order valence-electron chi connectivity index (χ1n) is 7.08. The molecule has 0 aliphatic carbocycles. The Kier molecular flexibility index (Phi) is 5.46. The van der Waals surface area contributed by atoms with Crippen LogP contribution < -0.4 is 5.32 Å². The molecular weight excluding hydrogens is 264 g/mol. The molecule has 1 aromatic carbocycles. The molecule has 0 saturated heterocycles. The van der Waals surface area contributed by atoms with Crippen LogP contribution in [0.2, 0.25) is 0 Å². The number of rotatable bonds is 6. The Labute approximate surface area is 124 Å². The van der Waals surface area contributed by atoms with Gasteiger partial charge in [0.2, 0.25) is 5.91 Å². The Balaban J connectivity index is 1.75. The fourth-order valence-corrected chi connectivity index (χ4v) is 2.01. The summed E-state index contributed by atoms with van der Waals surface area (Å²) in [6, 6.07) is 11.8. The van der Waals surface area contributed by atoms with Crippen molar-refractivity contribution in [2.45, 2.75) is 32.8 Å². The summed E-state index contributed by atoms with van der Waals surface area (Å²) >= 11 is 0. The lowest BCUT2D eigenvalue weighted by atomic mass is 10.1. The molecule has 0 spiro atoms. The van der Waals surface area contributed by atoms with Crippen LogP contribution in [0.5, 0.6) is 0 Å². The molecular formula is C17H20N2O2. The molecule has 0 atom stereocenters. The summed E-state index contributed by atoms with van der Waals surface area (Å²) in [5.41, 5.74) is 3.22. The van der Waals surface area contributed by atoms with Crippen molar-refractivity contribution in [1.82, 2.24) is 4.98 Å². The second-order valence-corrected chi connectivity index (χ2v) is 5.10. The number of aromatic nitrogens is 1. The van der Waals surface area contributed by atoms with Gasteiger partial charge in [0.05, 0.1) is 6.61 Å². The number of aryl methyl sites for hydroxylation is 2. The molecule has 2 N–H and O–H groups in total. The van der Waals surface area contributed by atoms with Crippen LogP contribution in [0.15, 0.2) is 42.6 Å². The maximum absolute atomic E-state index is 11.8. The van der Waals surface area contributed by atoms with E-state index in [0.29, 0.717) is 12.2 Å². The Hall–Kier alpha value is -2.20. The zero-order chi connectivity index (χ0) is 15.1. The lowest BCUT2D eigenvalue weighted by Crippen LogP contribution is -2.12. The van der Waals surface area contributed by atoms with Crippen molar-refractivity contribution >= 4 is 11.7 Å². The van der Waals surface area contributed by atoms with Gasteiger partial charge in [0, 0.05) is 12.6 Å². The Morgan fingerprint density at radius 3 is 2.48 bits per heavy atom. The van der Waals surface area contributed by atoms with E-state index in [1.165, 1.54) is 11.1 Å². The highest BCUT2D eigenvalue weighted by Crippen LogP contribution is 2.09. The minimum atomic E-state index is -0.0439. The van der Waals surface area contributed by atoms with E-state index in [2.05, 4.69) is 41.5 Å². The number of nitrogens with one attached hydrogen (secondary N) is 1. The standard InChI is InChI=1S/C17H20N2O2/c1-13-5-7-14(8-6-13)3-2-4-17(21)19-16-10-9-15(12-20)11-18-16/h5-11,20H,2-4,12H2,1H3,(H,18,19,21). The number of pyridine rings is 1. The van der Waals surface area contributed by atoms with Crippen molar-refractivity contribution in [3.05, 3.63) is 59.3 Å². The fraction of sp³-hybridized carbons (Fsp3) is 0.294. The molecule has 0 bridgehead atoms. The number of amides is 1. The summed E-state index contributed by atoms with van der Waals surface area (Å²) in [5.74, 6) is 0.485. The molecule has 4 heteroatoms. The predicted octanol–water partition coefficient (Wildman–Crippen LogP) is 2.84. The smallest absolute Gasteiger partial charge is 0.225 e. The first-order chi connectivity index (χ1) is 10.2. The van der Waals surface area contributed by atoms with Gasteiger partial charge in [-0.3, -0.25) is 4.79 Å². The van der Waals surface area contributed by atoms with Crippen molar-refractivity contribution in [2.75, 3.05) is 5.32 Å². The minimum Gasteiger partial charge on any atom is -0.392 e. The summed E-state index contributed by atoms with van der Waals surface area (Å²) in [5, 5.41) is 11.7. The third-order valence-corrected chi connectivity index (χ3v) is 3.26. The van der Waals surface area contributed by atoms with Gasteiger partial charge < -0.3 is 10.4 Å². The highest BCUT2D eigenvalue weighted by molar-refractivity contribution is 5.89. The monoisotopic (exact) mass is 284 g/mol. The summed E-state index contributed by atoms with van der Waals surface area (Å²) in [7, 11) is 0. The van der Waals surface area contributed by atoms with E-state index in [1.54, 1.807) is 18.3 Å². The molecule has 2 aromatic rings. The third-order valence-electron chi connectivity index (χ3n) is 3.26. The van der Waals surface area contributed by atoms with Gasteiger partial charge in [0.15, 0.2) is 0 Å². The Morgan fingerprint density at radius 1 is 1.14 bits per heavy atom. The molecule has 1 aromatic heterocycles. The first-order valence-corrected chi connectivity index (χ1v) is 7.08. The summed E-state index contributed by atoms with van der Waals surface area (Å²) in [6.45, 7) is 2.02. The van der Waals surface area contributed by atoms with Crippen LogP contribution in [-0.4, -0.2) is 16.0 Å². The molecule has 0 fully saturated rings. The van der Waals surface area contributed by atoms with Gasteiger partial charge in [-0.15, -0.1) is 0 Å². The molecule has 0 saturated carbocycles. The maximum Gasteiger partial charge on any atom is 0.225 e. The maximum atomic E-state index is 11.8. The largest absolute Gasteiger partial charge is 0.392 e. The molecule has 0 unspecified atom stereocenters. The van der Waals surface area contributed by atoms with Crippen molar-refractivity contribution in [1.29, 1.82) is 0 Å². The summed E-state index contributed by atoms with van der Waals surface area (Å²) < 4.78 is 0. The number of carbonyl (C=O) groups is 1. The third kappa shape index (κ3) is 5.00.